The first kappa shape index (κ1) is 13.1. The molecule has 0 heterocycles. The standard InChI is InChI=1S/C13H9ClN2O3/c14-7-2-3-8(9(6-7)19-5-1-4-15)10-11(16)13(18)12(10)17/h2-3,6H,1,5,16H2. The monoisotopic (exact) mass is 276 g/mol. The lowest BCUT2D eigenvalue weighted by atomic mass is 9.98. The molecule has 0 saturated carbocycles. The van der Waals surface area contributed by atoms with Crippen LogP contribution < -0.4 is 21.3 Å². The van der Waals surface area contributed by atoms with Gasteiger partial charge in [0.05, 0.1) is 23.7 Å². The van der Waals surface area contributed by atoms with Crippen molar-refractivity contribution < 1.29 is 4.74 Å². The molecule has 0 aliphatic rings. The molecule has 2 aromatic rings. The van der Waals surface area contributed by atoms with E-state index in [1.807, 2.05) is 6.07 Å². The van der Waals surface area contributed by atoms with Crippen molar-refractivity contribution in [3.63, 3.8) is 0 Å². The van der Waals surface area contributed by atoms with Crippen molar-refractivity contribution in [3.8, 4) is 22.9 Å². The minimum absolute atomic E-state index is 0.0718. The number of hydrogen-bond donors (Lipinski definition) is 1. The van der Waals surface area contributed by atoms with E-state index in [1.54, 1.807) is 12.1 Å². The van der Waals surface area contributed by atoms with Gasteiger partial charge in [-0.05, 0) is 18.2 Å². The molecule has 0 fully saturated rings. The quantitative estimate of drug-likeness (QED) is 0.674. The normalized spacial score (nSPS) is 10.3. The zero-order valence-electron chi connectivity index (χ0n) is 9.77. The maximum atomic E-state index is 11.5. The number of anilines is 1. The van der Waals surface area contributed by atoms with Gasteiger partial charge in [-0.1, -0.05) is 11.6 Å². The summed E-state index contributed by atoms with van der Waals surface area (Å²) in [5.41, 5.74) is 4.69. The Morgan fingerprint density at radius 3 is 2.68 bits per heavy atom. The fourth-order valence-electron chi connectivity index (χ4n) is 1.71. The molecule has 96 valence electrons. The SMILES string of the molecule is N#CCCOc1cc(Cl)ccc1-c1c(N)c(=O)c1=O. The van der Waals surface area contributed by atoms with Crippen molar-refractivity contribution in [1.29, 1.82) is 5.26 Å². The lowest BCUT2D eigenvalue weighted by molar-refractivity contribution is 0.328. The summed E-state index contributed by atoms with van der Waals surface area (Å²) in [5, 5.41) is 8.89. The first-order chi connectivity index (χ1) is 9.06. The molecule has 2 rings (SSSR count). The number of rotatable bonds is 4. The lowest BCUT2D eigenvalue weighted by Gasteiger charge is -2.13. The van der Waals surface area contributed by atoms with Gasteiger partial charge in [0.15, 0.2) is 0 Å². The van der Waals surface area contributed by atoms with Gasteiger partial charge in [-0.2, -0.15) is 5.26 Å². The molecule has 2 aromatic carbocycles. The van der Waals surface area contributed by atoms with Crippen LogP contribution in [0.25, 0.3) is 11.1 Å². The van der Waals surface area contributed by atoms with Gasteiger partial charge in [0.25, 0.3) is 0 Å². The molecular formula is C13H9ClN2O3. The van der Waals surface area contributed by atoms with Gasteiger partial charge in [0, 0.05) is 10.6 Å². The second kappa shape index (κ2) is 5.12. The summed E-state index contributed by atoms with van der Waals surface area (Å²) in [6, 6.07) is 6.60. The molecular weight excluding hydrogens is 268 g/mol. The largest absolute Gasteiger partial charge is 0.492 e. The van der Waals surface area contributed by atoms with Crippen molar-refractivity contribution in [2.45, 2.75) is 6.42 Å². The first-order valence-corrected chi connectivity index (χ1v) is 5.82. The Balaban J connectivity index is 2.44. The van der Waals surface area contributed by atoms with Gasteiger partial charge in [0.2, 0.25) is 10.9 Å². The van der Waals surface area contributed by atoms with Gasteiger partial charge in [0.1, 0.15) is 12.4 Å². The Kier molecular flexibility index (Phi) is 3.54. The average molecular weight is 277 g/mol. The highest BCUT2D eigenvalue weighted by Crippen LogP contribution is 2.33. The second-order valence-corrected chi connectivity index (χ2v) is 4.28. The molecule has 0 amide bonds. The highest BCUT2D eigenvalue weighted by molar-refractivity contribution is 6.30. The molecule has 0 spiro atoms. The summed E-state index contributed by atoms with van der Waals surface area (Å²) < 4.78 is 5.39. The van der Waals surface area contributed by atoms with E-state index in [-0.39, 0.29) is 24.3 Å². The Bertz CT molecular complexity index is 739. The topological polar surface area (TPSA) is 93.2 Å². The molecule has 5 nitrogen and oxygen atoms in total. The molecule has 0 unspecified atom stereocenters. The number of nitrogens with zero attached hydrogens (tertiary/aromatic N) is 1. The summed E-state index contributed by atoms with van der Waals surface area (Å²) in [6.07, 6.45) is 0.202. The Morgan fingerprint density at radius 1 is 1.32 bits per heavy atom. The van der Waals surface area contributed by atoms with E-state index in [2.05, 4.69) is 0 Å². The predicted octanol–water partition coefficient (Wildman–Crippen LogP) is 1.48. The van der Waals surface area contributed by atoms with E-state index < -0.39 is 10.9 Å². The fraction of sp³-hybridized carbons (Fsp3) is 0.154. The maximum Gasteiger partial charge on any atom is 0.249 e. The lowest BCUT2D eigenvalue weighted by Crippen LogP contribution is -2.35. The van der Waals surface area contributed by atoms with Crippen LogP contribution in [0.5, 0.6) is 5.75 Å². The summed E-state index contributed by atoms with van der Waals surface area (Å²) in [4.78, 5) is 22.7. The van der Waals surface area contributed by atoms with Crippen LogP contribution in [0.1, 0.15) is 6.42 Å². The molecule has 0 aromatic heterocycles. The predicted molar refractivity (Wildman–Crippen MR) is 71.9 cm³/mol. The molecule has 0 bridgehead atoms. The Labute approximate surface area is 113 Å². The van der Waals surface area contributed by atoms with Crippen LogP contribution >= 0.6 is 11.6 Å². The maximum absolute atomic E-state index is 11.5. The highest BCUT2D eigenvalue weighted by Gasteiger charge is 2.22. The zero-order valence-corrected chi connectivity index (χ0v) is 10.5. The number of nitrogen functional groups attached to an aromatic ring is 1. The minimum atomic E-state index is -0.687. The van der Waals surface area contributed by atoms with Gasteiger partial charge >= 0.3 is 0 Å². The van der Waals surface area contributed by atoms with Gasteiger partial charge < -0.3 is 10.5 Å². The summed E-state index contributed by atoms with van der Waals surface area (Å²) in [6.45, 7) is 0.166. The van der Waals surface area contributed by atoms with Crippen LogP contribution in [-0.4, -0.2) is 6.61 Å². The highest BCUT2D eigenvalue weighted by atomic mass is 35.5. The van der Waals surface area contributed by atoms with Crippen LogP contribution in [0.15, 0.2) is 27.8 Å². The van der Waals surface area contributed by atoms with Crippen molar-refractivity contribution >= 4 is 17.3 Å². The number of benzene rings is 1. The van der Waals surface area contributed by atoms with Crippen LogP contribution in [0.2, 0.25) is 5.02 Å². The Morgan fingerprint density at radius 2 is 2.05 bits per heavy atom. The minimum Gasteiger partial charge on any atom is -0.492 e. The van der Waals surface area contributed by atoms with Crippen molar-refractivity contribution in [2.75, 3.05) is 12.3 Å². The van der Waals surface area contributed by atoms with Crippen LogP contribution in [0.3, 0.4) is 0 Å². The first-order valence-electron chi connectivity index (χ1n) is 5.44. The molecule has 0 aliphatic carbocycles. The van der Waals surface area contributed by atoms with Gasteiger partial charge in [-0.3, -0.25) is 9.59 Å². The molecule has 19 heavy (non-hydrogen) atoms. The number of nitriles is 1. The number of ether oxygens (including phenoxy) is 1. The molecule has 0 radical (unpaired) electrons. The average Bonchev–Trinajstić information content (AvgIpc) is 2.41. The number of hydrogen-bond acceptors (Lipinski definition) is 5. The summed E-state index contributed by atoms with van der Waals surface area (Å²) >= 11 is 5.85. The van der Waals surface area contributed by atoms with E-state index >= 15 is 0 Å². The van der Waals surface area contributed by atoms with Crippen molar-refractivity contribution in [3.05, 3.63) is 43.7 Å². The van der Waals surface area contributed by atoms with Gasteiger partial charge in [-0.15, -0.1) is 0 Å². The second-order valence-electron chi connectivity index (χ2n) is 3.84. The molecule has 0 atom stereocenters. The fourth-order valence-corrected chi connectivity index (χ4v) is 1.87. The molecule has 2 N–H and O–H groups in total. The summed E-state index contributed by atoms with van der Waals surface area (Å²) in [7, 11) is 0. The van der Waals surface area contributed by atoms with Crippen molar-refractivity contribution in [1.82, 2.24) is 0 Å². The smallest absolute Gasteiger partial charge is 0.249 e. The Hall–Kier alpha value is -2.32. The molecule has 6 heteroatoms. The van der Waals surface area contributed by atoms with Crippen LogP contribution in [-0.2, 0) is 0 Å². The van der Waals surface area contributed by atoms with Crippen molar-refractivity contribution in [2.24, 2.45) is 0 Å². The third-order valence-corrected chi connectivity index (χ3v) is 2.87. The van der Waals surface area contributed by atoms with E-state index in [1.165, 1.54) is 6.07 Å². The molecule has 0 saturated heterocycles. The number of nitrogens with two attached hydrogens (primary N) is 1. The van der Waals surface area contributed by atoms with E-state index in [4.69, 9.17) is 27.3 Å². The molecule has 0 aliphatic heterocycles. The van der Waals surface area contributed by atoms with E-state index in [9.17, 15) is 9.59 Å². The van der Waals surface area contributed by atoms with Gasteiger partial charge in [-0.25, -0.2) is 0 Å². The number of halogens is 1. The summed E-state index contributed by atoms with van der Waals surface area (Å²) in [5.74, 6) is 0.335. The zero-order chi connectivity index (χ0) is 14.0. The van der Waals surface area contributed by atoms with Crippen LogP contribution in [0.4, 0.5) is 5.69 Å². The van der Waals surface area contributed by atoms with E-state index in [0.29, 0.717) is 16.3 Å². The van der Waals surface area contributed by atoms with Crippen LogP contribution in [0, 0.1) is 11.3 Å². The van der Waals surface area contributed by atoms with E-state index in [0.717, 1.165) is 0 Å². The third kappa shape index (κ3) is 2.30. The third-order valence-electron chi connectivity index (χ3n) is 2.63.